The average molecular weight is 291 g/mol. The molecule has 1 aromatic rings. The van der Waals surface area contributed by atoms with Crippen molar-refractivity contribution in [3.05, 3.63) is 33.6 Å². The minimum Gasteiger partial charge on any atom is -0.393 e. The molecule has 0 radical (unpaired) electrons. The van der Waals surface area contributed by atoms with Crippen molar-refractivity contribution >= 4 is 23.2 Å². The Morgan fingerprint density at radius 3 is 2.39 bits per heavy atom. The van der Waals surface area contributed by atoms with Crippen molar-refractivity contribution in [2.24, 2.45) is 5.41 Å². The summed E-state index contributed by atoms with van der Waals surface area (Å²) in [4.78, 5) is 0. The summed E-state index contributed by atoms with van der Waals surface area (Å²) in [7, 11) is 0. The van der Waals surface area contributed by atoms with E-state index in [1.165, 1.54) is 12.1 Å². The molecular formula is C14H17Cl2FO. The number of aliphatic hydroxyl groups excluding tert-OH is 1. The summed E-state index contributed by atoms with van der Waals surface area (Å²) < 4.78 is 13.6. The summed E-state index contributed by atoms with van der Waals surface area (Å²) in [5.74, 6) is -0.333. The summed E-state index contributed by atoms with van der Waals surface area (Å²) in [5, 5.41) is 10.6. The summed E-state index contributed by atoms with van der Waals surface area (Å²) >= 11 is 11.9. The Bertz CT molecular complexity index is 457. The van der Waals surface area contributed by atoms with Gasteiger partial charge in [-0.1, -0.05) is 37.0 Å². The molecule has 2 rings (SSSR count). The minimum absolute atomic E-state index is 0.0437. The zero-order valence-corrected chi connectivity index (χ0v) is 12.0. The number of hydrogen-bond donors (Lipinski definition) is 1. The highest BCUT2D eigenvalue weighted by Crippen LogP contribution is 2.58. The Balaban J connectivity index is 2.41. The van der Waals surface area contributed by atoms with Crippen LogP contribution >= 0.6 is 23.2 Å². The van der Waals surface area contributed by atoms with Crippen LogP contribution in [-0.2, 0) is 0 Å². The van der Waals surface area contributed by atoms with Crippen molar-refractivity contribution in [2.75, 3.05) is 0 Å². The van der Waals surface area contributed by atoms with Crippen LogP contribution in [0.5, 0.6) is 0 Å². The monoisotopic (exact) mass is 290 g/mol. The smallest absolute Gasteiger partial charge is 0.142 e. The lowest BCUT2D eigenvalue weighted by Gasteiger charge is -2.54. The third-order valence-corrected chi connectivity index (χ3v) is 5.17. The zero-order valence-electron chi connectivity index (χ0n) is 10.5. The van der Waals surface area contributed by atoms with Gasteiger partial charge in [-0.3, -0.25) is 0 Å². The van der Waals surface area contributed by atoms with Gasteiger partial charge in [-0.05, 0) is 42.9 Å². The van der Waals surface area contributed by atoms with Crippen LogP contribution in [0.3, 0.4) is 0 Å². The van der Waals surface area contributed by atoms with Gasteiger partial charge in [-0.15, -0.1) is 0 Å². The van der Waals surface area contributed by atoms with Crippen molar-refractivity contribution in [3.63, 3.8) is 0 Å². The first-order valence-electron chi connectivity index (χ1n) is 6.28. The largest absolute Gasteiger partial charge is 0.393 e. The van der Waals surface area contributed by atoms with E-state index in [-0.39, 0.29) is 22.5 Å². The van der Waals surface area contributed by atoms with Gasteiger partial charge in [0.2, 0.25) is 0 Å². The van der Waals surface area contributed by atoms with Gasteiger partial charge in [0, 0.05) is 10.4 Å². The van der Waals surface area contributed by atoms with Crippen LogP contribution < -0.4 is 0 Å². The fourth-order valence-corrected chi connectivity index (χ4v) is 3.73. The Kier molecular flexibility index (Phi) is 3.91. The second-order valence-corrected chi connectivity index (χ2v) is 5.85. The summed E-state index contributed by atoms with van der Waals surface area (Å²) in [6, 6.07) is 2.87. The molecule has 18 heavy (non-hydrogen) atoms. The van der Waals surface area contributed by atoms with E-state index in [0.717, 1.165) is 18.4 Å². The van der Waals surface area contributed by atoms with Crippen molar-refractivity contribution in [1.82, 2.24) is 0 Å². The SMILES string of the molecule is CCC1(CC)C(O)CC1c1cc(F)c(Cl)cc1Cl. The van der Waals surface area contributed by atoms with Crippen LogP contribution in [0.4, 0.5) is 4.39 Å². The summed E-state index contributed by atoms with van der Waals surface area (Å²) in [6.45, 7) is 4.11. The molecule has 1 N–H and O–H groups in total. The Hall–Kier alpha value is -0.310. The van der Waals surface area contributed by atoms with E-state index >= 15 is 0 Å². The van der Waals surface area contributed by atoms with E-state index < -0.39 is 5.82 Å². The lowest BCUT2D eigenvalue weighted by atomic mass is 9.53. The van der Waals surface area contributed by atoms with Crippen molar-refractivity contribution < 1.29 is 9.50 Å². The molecule has 100 valence electrons. The molecule has 1 aromatic carbocycles. The molecule has 2 atom stereocenters. The van der Waals surface area contributed by atoms with E-state index in [4.69, 9.17) is 23.2 Å². The molecule has 4 heteroatoms. The van der Waals surface area contributed by atoms with Gasteiger partial charge in [-0.2, -0.15) is 0 Å². The van der Waals surface area contributed by atoms with Gasteiger partial charge in [0.1, 0.15) is 5.82 Å². The highest BCUT2D eigenvalue weighted by atomic mass is 35.5. The standard InChI is InChI=1S/C14H17Cl2FO/c1-3-14(4-2)9(6-13(14)18)8-5-12(17)11(16)7-10(8)15/h5,7,9,13,18H,3-4,6H2,1-2H3. The molecule has 0 heterocycles. The predicted octanol–water partition coefficient (Wildman–Crippen LogP) is 4.79. The van der Waals surface area contributed by atoms with Crippen molar-refractivity contribution in [2.45, 2.75) is 45.1 Å². The van der Waals surface area contributed by atoms with Gasteiger partial charge in [0.25, 0.3) is 0 Å². The quantitative estimate of drug-likeness (QED) is 0.794. The topological polar surface area (TPSA) is 20.2 Å². The predicted molar refractivity (Wildman–Crippen MR) is 72.8 cm³/mol. The molecule has 1 fully saturated rings. The van der Waals surface area contributed by atoms with Crippen LogP contribution in [0.15, 0.2) is 12.1 Å². The fourth-order valence-electron chi connectivity index (χ4n) is 3.22. The molecular weight excluding hydrogens is 274 g/mol. The first kappa shape index (κ1) is 14.1. The second kappa shape index (κ2) is 4.99. The Morgan fingerprint density at radius 2 is 1.89 bits per heavy atom. The molecule has 1 nitrogen and oxygen atoms in total. The maximum absolute atomic E-state index is 13.6. The molecule has 0 spiro atoms. The van der Waals surface area contributed by atoms with E-state index in [1.807, 2.05) is 0 Å². The molecule has 1 aliphatic rings. The molecule has 1 aliphatic carbocycles. The fraction of sp³-hybridized carbons (Fsp3) is 0.571. The summed E-state index contributed by atoms with van der Waals surface area (Å²) in [6.07, 6.45) is 2.03. The third-order valence-electron chi connectivity index (χ3n) is 4.55. The van der Waals surface area contributed by atoms with Crippen LogP contribution in [0.25, 0.3) is 0 Å². The van der Waals surface area contributed by atoms with Crippen molar-refractivity contribution in [1.29, 1.82) is 0 Å². The maximum atomic E-state index is 13.6. The Labute approximate surface area is 117 Å². The molecule has 0 amide bonds. The molecule has 2 unspecified atom stereocenters. The number of halogens is 3. The molecule has 0 bridgehead atoms. The van der Waals surface area contributed by atoms with E-state index in [0.29, 0.717) is 11.4 Å². The van der Waals surface area contributed by atoms with Gasteiger partial charge in [0.15, 0.2) is 0 Å². The zero-order chi connectivity index (χ0) is 13.5. The van der Waals surface area contributed by atoms with Crippen LogP contribution in [0, 0.1) is 11.2 Å². The lowest BCUT2D eigenvalue weighted by Crippen LogP contribution is -2.51. The van der Waals surface area contributed by atoms with Gasteiger partial charge < -0.3 is 5.11 Å². The van der Waals surface area contributed by atoms with Crippen molar-refractivity contribution in [3.8, 4) is 0 Å². The van der Waals surface area contributed by atoms with Gasteiger partial charge in [0.05, 0.1) is 11.1 Å². The first-order chi connectivity index (χ1) is 8.46. The van der Waals surface area contributed by atoms with E-state index in [9.17, 15) is 9.50 Å². The van der Waals surface area contributed by atoms with E-state index in [1.54, 1.807) is 0 Å². The van der Waals surface area contributed by atoms with Crippen LogP contribution in [0.2, 0.25) is 10.0 Å². The first-order valence-corrected chi connectivity index (χ1v) is 7.04. The maximum Gasteiger partial charge on any atom is 0.142 e. The average Bonchev–Trinajstić information content (AvgIpc) is 2.33. The van der Waals surface area contributed by atoms with Gasteiger partial charge >= 0.3 is 0 Å². The number of rotatable bonds is 3. The minimum atomic E-state index is -0.446. The summed E-state index contributed by atoms with van der Waals surface area (Å²) in [5.41, 5.74) is 0.594. The Morgan fingerprint density at radius 1 is 1.28 bits per heavy atom. The normalized spacial score (nSPS) is 25.9. The highest BCUT2D eigenvalue weighted by Gasteiger charge is 2.52. The van der Waals surface area contributed by atoms with Crippen LogP contribution in [-0.4, -0.2) is 11.2 Å². The molecule has 0 saturated heterocycles. The van der Waals surface area contributed by atoms with Gasteiger partial charge in [-0.25, -0.2) is 4.39 Å². The number of benzene rings is 1. The number of hydrogen-bond acceptors (Lipinski definition) is 1. The number of aliphatic hydroxyl groups is 1. The van der Waals surface area contributed by atoms with Crippen LogP contribution in [0.1, 0.15) is 44.6 Å². The third kappa shape index (κ3) is 1.95. The second-order valence-electron chi connectivity index (χ2n) is 5.03. The molecule has 0 aromatic heterocycles. The molecule has 0 aliphatic heterocycles. The van der Waals surface area contributed by atoms with E-state index in [2.05, 4.69) is 13.8 Å². The lowest BCUT2D eigenvalue weighted by molar-refractivity contribution is -0.0932. The highest BCUT2D eigenvalue weighted by molar-refractivity contribution is 6.35. The molecule has 1 saturated carbocycles.